The summed E-state index contributed by atoms with van der Waals surface area (Å²) in [5.41, 5.74) is 1.17. The predicted molar refractivity (Wildman–Crippen MR) is 63.8 cm³/mol. The van der Waals surface area contributed by atoms with Crippen LogP contribution in [0, 0.1) is 0 Å². The van der Waals surface area contributed by atoms with Gasteiger partial charge in [0.25, 0.3) is 0 Å². The van der Waals surface area contributed by atoms with Crippen LogP contribution in [0.1, 0.15) is 12.1 Å². The van der Waals surface area contributed by atoms with E-state index in [1.807, 2.05) is 30.1 Å². The van der Waals surface area contributed by atoms with E-state index >= 15 is 0 Å². The highest BCUT2D eigenvalue weighted by Crippen LogP contribution is 1.95. The van der Waals surface area contributed by atoms with E-state index in [9.17, 15) is 0 Å². The largest absolute Gasteiger partial charge is 0.316 e. The van der Waals surface area contributed by atoms with Crippen molar-refractivity contribution in [3.8, 4) is 0 Å². The average molecular weight is 210 g/mol. The molecule has 1 aromatic heterocycles. The van der Waals surface area contributed by atoms with E-state index < -0.39 is 0 Å². The van der Waals surface area contributed by atoms with Crippen LogP contribution in [-0.2, 0) is 6.42 Å². The van der Waals surface area contributed by atoms with Gasteiger partial charge in [-0.25, -0.2) is 0 Å². The van der Waals surface area contributed by atoms with Gasteiger partial charge in [-0.3, -0.25) is 4.98 Å². The van der Waals surface area contributed by atoms with Crippen LogP contribution in [0.25, 0.3) is 0 Å². The number of nitrogens with one attached hydrogen (secondary N) is 1. The number of pyridine rings is 1. The van der Waals surface area contributed by atoms with Crippen LogP contribution < -0.4 is 5.32 Å². The van der Waals surface area contributed by atoms with Crippen LogP contribution in [0.4, 0.5) is 0 Å². The van der Waals surface area contributed by atoms with Crippen molar-refractivity contribution in [1.29, 1.82) is 0 Å². The standard InChI is InChI=1S/C11H18N2S/c1-14-10-4-7-12-9-6-11-5-2-3-8-13-11/h2-3,5,8,12H,4,6-7,9-10H2,1H3. The van der Waals surface area contributed by atoms with Gasteiger partial charge in [-0.15, -0.1) is 0 Å². The Labute approximate surface area is 90.5 Å². The van der Waals surface area contributed by atoms with Crippen molar-refractivity contribution < 1.29 is 0 Å². The minimum Gasteiger partial charge on any atom is -0.316 e. The third kappa shape index (κ3) is 5.25. The fourth-order valence-electron chi connectivity index (χ4n) is 1.23. The summed E-state index contributed by atoms with van der Waals surface area (Å²) in [5.74, 6) is 1.25. The van der Waals surface area contributed by atoms with Gasteiger partial charge in [0, 0.05) is 24.9 Å². The summed E-state index contributed by atoms with van der Waals surface area (Å²) in [4.78, 5) is 4.27. The van der Waals surface area contributed by atoms with Crippen LogP contribution >= 0.6 is 11.8 Å². The summed E-state index contributed by atoms with van der Waals surface area (Å²) < 4.78 is 0. The van der Waals surface area contributed by atoms with E-state index in [-0.39, 0.29) is 0 Å². The van der Waals surface area contributed by atoms with Gasteiger partial charge in [0.05, 0.1) is 0 Å². The number of hydrogen-bond acceptors (Lipinski definition) is 3. The fraction of sp³-hybridized carbons (Fsp3) is 0.545. The molecule has 0 atom stereocenters. The Kier molecular flexibility index (Phi) is 6.45. The molecule has 0 saturated carbocycles. The molecule has 0 unspecified atom stereocenters. The Hall–Kier alpha value is -0.540. The lowest BCUT2D eigenvalue weighted by Gasteiger charge is -2.03. The van der Waals surface area contributed by atoms with E-state index in [0.29, 0.717) is 0 Å². The normalized spacial score (nSPS) is 10.4. The summed E-state index contributed by atoms with van der Waals surface area (Å²) in [6, 6.07) is 6.06. The molecular formula is C11H18N2S. The highest BCUT2D eigenvalue weighted by molar-refractivity contribution is 7.98. The maximum atomic E-state index is 4.27. The Morgan fingerprint density at radius 2 is 2.29 bits per heavy atom. The molecule has 0 fully saturated rings. The first-order valence-corrected chi connectivity index (χ1v) is 6.42. The lowest BCUT2D eigenvalue weighted by Crippen LogP contribution is -2.19. The van der Waals surface area contributed by atoms with Gasteiger partial charge in [-0.1, -0.05) is 6.07 Å². The third-order valence-corrected chi connectivity index (χ3v) is 2.68. The zero-order valence-corrected chi connectivity index (χ0v) is 9.52. The highest BCUT2D eigenvalue weighted by Gasteiger charge is 1.92. The van der Waals surface area contributed by atoms with Crippen molar-refractivity contribution >= 4 is 11.8 Å². The van der Waals surface area contributed by atoms with E-state index in [2.05, 4.69) is 22.6 Å². The average Bonchev–Trinajstić information content (AvgIpc) is 2.25. The van der Waals surface area contributed by atoms with E-state index in [1.54, 1.807) is 0 Å². The van der Waals surface area contributed by atoms with Crippen molar-refractivity contribution in [1.82, 2.24) is 10.3 Å². The minimum absolute atomic E-state index is 1.03. The Balaban J connectivity index is 1.99. The second-order valence-corrected chi connectivity index (χ2v) is 4.15. The second-order valence-electron chi connectivity index (χ2n) is 3.17. The van der Waals surface area contributed by atoms with Crippen LogP contribution in [0.5, 0.6) is 0 Å². The lowest BCUT2D eigenvalue weighted by molar-refractivity contribution is 0.669. The molecule has 3 heteroatoms. The molecule has 1 rings (SSSR count). The van der Waals surface area contributed by atoms with Gasteiger partial charge in [-0.2, -0.15) is 11.8 Å². The molecule has 0 saturated heterocycles. The monoisotopic (exact) mass is 210 g/mol. The first-order chi connectivity index (χ1) is 6.93. The molecule has 1 aromatic rings. The third-order valence-electron chi connectivity index (χ3n) is 1.99. The molecule has 0 radical (unpaired) electrons. The van der Waals surface area contributed by atoms with Gasteiger partial charge in [0.15, 0.2) is 0 Å². The van der Waals surface area contributed by atoms with Crippen LogP contribution in [0.15, 0.2) is 24.4 Å². The molecule has 1 N–H and O–H groups in total. The zero-order valence-electron chi connectivity index (χ0n) is 8.70. The molecule has 0 aliphatic carbocycles. The van der Waals surface area contributed by atoms with Gasteiger partial charge < -0.3 is 5.32 Å². The molecule has 78 valence electrons. The molecule has 0 spiro atoms. The van der Waals surface area contributed by atoms with Gasteiger partial charge in [0.2, 0.25) is 0 Å². The first-order valence-electron chi connectivity index (χ1n) is 5.03. The van der Waals surface area contributed by atoms with Crippen molar-refractivity contribution in [3.05, 3.63) is 30.1 Å². The molecular weight excluding hydrogens is 192 g/mol. The number of aromatic nitrogens is 1. The Morgan fingerprint density at radius 1 is 1.36 bits per heavy atom. The molecule has 1 heterocycles. The molecule has 0 aliphatic rings. The first kappa shape index (κ1) is 11.5. The highest BCUT2D eigenvalue weighted by atomic mass is 32.2. The fourth-order valence-corrected chi connectivity index (χ4v) is 1.66. The molecule has 0 aromatic carbocycles. The second kappa shape index (κ2) is 7.83. The number of hydrogen-bond donors (Lipinski definition) is 1. The summed E-state index contributed by atoms with van der Waals surface area (Å²) in [6.07, 6.45) is 6.28. The van der Waals surface area contributed by atoms with Crippen LogP contribution in [0.3, 0.4) is 0 Å². The maximum Gasteiger partial charge on any atom is 0.0416 e. The SMILES string of the molecule is CSCCCNCCc1ccccn1. The lowest BCUT2D eigenvalue weighted by atomic mass is 10.3. The Morgan fingerprint density at radius 3 is 3.00 bits per heavy atom. The van der Waals surface area contributed by atoms with E-state index in [4.69, 9.17) is 0 Å². The minimum atomic E-state index is 1.03. The number of nitrogens with zero attached hydrogens (tertiary/aromatic N) is 1. The van der Waals surface area contributed by atoms with Crippen LogP contribution in [-0.4, -0.2) is 30.1 Å². The Bertz CT molecular complexity index is 226. The topological polar surface area (TPSA) is 24.9 Å². The molecule has 2 nitrogen and oxygen atoms in total. The summed E-state index contributed by atoms with van der Waals surface area (Å²) >= 11 is 1.90. The number of rotatable bonds is 7. The maximum absolute atomic E-state index is 4.27. The number of thioether (sulfide) groups is 1. The molecule has 0 aliphatic heterocycles. The van der Waals surface area contributed by atoms with E-state index in [1.165, 1.54) is 17.9 Å². The summed E-state index contributed by atoms with van der Waals surface area (Å²) in [7, 11) is 0. The van der Waals surface area contributed by atoms with Gasteiger partial charge in [-0.05, 0) is 37.1 Å². The van der Waals surface area contributed by atoms with Crippen molar-refractivity contribution in [2.75, 3.05) is 25.1 Å². The quantitative estimate of drug-likeness (QED) is 0.696. The van der Waals surface area contributed by atoms with Gasteiger partial charge in [0.1, 0.15) is 0 Å². The van der Waals surface area contributed by atoms with Crippen molar-refractivity contribution in [3.63, 3.8) is 0 Å². The predicted octanol–water partition coefficient (Wildman–Crippen LogP) is 1.97. The molecule has 0 amide bonds. The van der Waals surface area contributed by atoms with Crippen molar-refractivity contribution in [2.24, 2.45) is 0 Å². The van der Waals surface area contributed by atoms with Crippen LogP contribution in [0.2, 0.25) is 0 Å². The smallest absolute Gasteiger partial charge is 0.0416 e. The molecule has 0 bridgehead atoms. The summed E-state index contributed by atoms with van der Waals surface area (Å²) in [6.45, 7) is 2.15. The van der Waals surface area contributed by atoms with E-state index in [0.717, 1.165) is 19.5 Å². The van der Waals surface area contributed by atoms with Gasteiger partial charge >= 0.3 is 0 Å². The molecule has 14 heavy (non-hydrogen) atoms. The van der Waals surface area contributed by atoms with Crippen molar-refractivity contribution in [2.45, 2.75) is 12.8 Å². The summed E-state index contributed by atoms with van der Waals surface area (Å²) in [5, 5.41) is 3.42. The zero-order chi connectivity index (χ0) is 10.1.